The number of piperidine rings is 1. The van der Waals surface area contributed by atoms with E-state index in [9.17, 15) is 0 Å². The summed E-state index contributed by atoms with van der Waals surface area (Å²) in [6, 6.07) is 7.89. The Kier molecular flexibility index (Phi) is 4.85. The Morgan fingerprint density at radius 3 is 2.33 bits per heavy atom. The molecule has 1 aromatic carbocycles. The van der Waals surface area contributed by atoms with Gasteiger partial charge in [0, 0.05) is 29.4 Å². The van der Waals surface area contributed by atoms with Gasteiger partial charge in [0.15, 0.2) is 17.1 Å². The van der Waals surface area contributed by atoms with Crippen LogP contribution in [0.2, 0.25) is 0 Å². The van der Waals surface area contributed by atoms with E-state index < -0.39 is 0 Å². The van der Waals surface area contributed by atoms with E-state index in [2.05, 4.69) is 16.4 Å². The highest BCUT2D eigenvalue weighted by atomic mass is 16.5. The van der Waals surface area contributed by atoms with Gasteiger partial charge in [-0.2, -0.15) is 5.10 Å². The van der Waals surface area contributed by atoms with E-state index in [0.29, 0.717) is 23.2 Å². The molecule has 7 heteroatoms. The Balaban J connectivity index is 1.81. The van der Waals surface area contributed by atoms with Gasteiger partial charge in [0.05, 0.1) is 27.0 Å². The standard InChI is InChI=1S/C20H24N4O3/c1-25-17-10-14(11-18(26-2)20(17)27-3)15-12-19-22-9-6-16(24(19)23-15)13-4-7-21-8-5-13/h6,9-13,21H,4-5,7-8H2,1-3H3. The van der Waals surface area contributed by atoms with Crippen molar-refractivity contribution in [1.29, 1.82) is 0 Å². The van der Waals surface area contributed by atoms with Crippen LogP contribution in [0.15, 0.2) is 30.5 Å². The van der Waals surface area contributed by atoms with Gasteiger partial charge in [-0.1, -0.05) is 0 Å². The molecular weight excluding hydrogens is 344 g/mol. The molecule has 0 aliphatic carbocycles. The average Bonchev–Trinajstić information content (AvgIpc) is 3.17. The Morgan fingerprint density at radius 1 is 1.00 bits per heavy atom. The molecule has 0 saturated carbocycles. The summed E-state index contributed by atoms with van der Waals surface area (Å²) < 4.78 is 18.3. The lowest BCUT2D eigenvalue weighted by molar-refractivity contribution is 0.324. The minimum absolute atomic E-state index is 0.490. The number of rotatable bonds is 5. The molecule has 1 aliphatic rings. The summed E-state index contributed by atoms with van der Waals surface area (Å²) in [6.07, 6.45) is 4.09. The van der Waals surface area contributed by atoms with Crippen molar-refractivity contribution in [3.63, 3.8) is 0 Å². The minimum Gasteiger partial charge on any atom is -0.493 e. The molecule has 1 N–H and O–H groups in total. The van der Waals surface area contributed by atoms with Crippen LogP contribution in [0.1, 0.15) is 24.5 Å². The Morgan fingerprint density at radius 2 is 1.70 bits per heavy atom. The molecule has 3 heterocycles. The molecule has 142 valence electrons. The smallest absolute Gasteiger partial charge is 0.203 e. The van der Waals surface area contributed by atoms with Gasteiger partial charge in [0.1, 0.15) is 0 Å². The lowest BCUT2D eigenvalue weighted by atomic mass is 9.94. The number of fused-ring (bicyclic) bond motifs is 1. The van der Waals surface area contributed by atoms with Crippen molar-refractivity contribution in [3.05, 3.63) is 36.2 Å². The summed E-state index contributed by atoms with van der Waals surface area (Å²) in [6.45, 7) is 2.07. The maximum Gasteiger partial charge on any atom is 0.203 e. The first-order valence-corrected chi connectivity index (χ1v) is 9.11. The second kappa shape index (κ2) is 7.44. The average molecular weight is 368 g/mol. The van der Waals surface area contributed by atoms with Crippen molar-refractivity contribution in [2.24, 2.45) is 0 Å². The largest absolute Gasteiger partial charge is 0.493 e. The first-order chi connectivity index (χ1) is 13.2. The third-order valence-corrected chi connectivity index (χ3v) is 5.11. The fourth-order valence-electron chi connectivity index (χ4n) is 3.71. The van der Waals surface area contributed by atoms with Crippen molar-refractivity contribution < 1.29 is 14.2 Å². The Bertz CT molecular complexity index is 923. The third kappa shape index (κ3) is 3.19. The second-order valence-electron chi connectivity index (χ2n) is 6.61. The molecule has 1 aliphatic heterocycles. The molecule has 0 bridgehead atoms. The lowest BCUT2D eigenvalue weighted by Crippen LogP contribution is -2.27. The number of hydrogen-bond donors (Lipinski definition) is 1. The van der Waals surface area contributed by atoms with Crippen molar-refractivity contribution in [1.82, 2.24) is 19.9 Å². The van der Waals surface area contributed by atoms with Crippen molar-refractivity contribution >= 4 is 5.65 Å². The first-order valence-electron chi connectivity index (χ1n) is 9.11. The number of nitrogens with zero attached hydrogens (tertiary/aromatic N) is 3. The fraction of sp³-hybridized carbons (Fsp3) is 0.400. The normalized spacial score (nSPS) is 15.1. The molecule has 0 spiro atoms. The SMILES string of the molecule is COc1cc(-c2cc3nccc(C4CCNCC4)n3n2)cc(OC)c1OC. The zero-order chi connectivity index (χ0) is 18.8. The topological polar surface area (TPSA) is 69.9 Å². The van der Waals surface area contributed by atoms with Gasteiger partial charge in [-0.05, 0) is 44.1 Å². The minimum atomic E-state index is 0.490. The van der Waals surface area contributed by atoms with E-state index in [1.165, 1.54) is 5.69 Å². The molecule has 0 atom stereocenters. The first kappa shape index (κ1) is 17.6. The number of nitrogens with one attached hydrogen (secondary N) is 1. The molecule has 27 heavy (non-hydrogen) atoms. The number of ether oxygens (including phenoxy) is 3. The molecule has 2 aromatic heterocycles. The van der Waals surface area contributed by atoms with Gasteiger partial charge in [0.25, 0.3) is 0 Å². The number of hydrogen-bond acceptors (Lipinski definition) is 6. The van der Waals surface area contributed by atoms with Crippen molar-refractivity contribution in [3.8, 4) is 28.5 Å². The number of benzene rings is 1. The molecule has 0 amide bonds. The van der Waals surface area contributed by atoms with Gasteiger partial charge in [-0.3, -0.25) is 0 Å². The summed E-state index contributed by atoms with van der Waals surface area (Å²) in [7, 11) is 4.82. The number of methoxy groups -OCH3 is 3. The highest BCUT2D eigenvalue weighted by Gasteiger charge is 2.20. The van der Waals surface area contributed by atoms with Gasteiger partial charge >= 0.3 is 0 Å². The zero-order valence-electron chi connectivity index (χ0n) is 15.9. The number of aromatic nitrogens is 3. The second-order valence-corrected chi connectivity index (χ2v) is 6.61. The monoisotopic (exact) mass is 368 g/mol. The summed E-state index contributed by atoms with van der Waals surface area (Å²) in [4.78, 5) is 4.50. The summed E-state index contributed by atoms with van der Waals surface area (Å²) in [5.74, 6) is 2.27. The highest BCUT2D eigenvalue weighted by Crippen LogP contribution is 2.41. The Labute approximate surface area is 158 Å². The maximum atomic E-state index is 5.47. The lowest BCUT2D eigenvalue weighted by Gasteiger charge is -2.23. The van der Waals surface area contributed by atoms with E-state index in [1.54, 1.807) is 21.3 Å². The van der Waals surface area contributed by atoms with E-state index in [0.717, 1.165) is 42.8 Å². The van der Waals surface area contributed by atoms with Crippen molar-refractivity contribution in [2.75, 3.05) is 34.4 Å². The van der Waals surface area contributed by atoms with Crippen LogP contribution in [0.5, 0.6) is 17.2 Å². The van der Waals surface area contributed by atoms with Crippen LogP contribution in [0.3, 0.4) is 0 Å². The summed E-state index contributed by atoms with van der Waals surface area (Å²) in [5.41, 5.74) is 3.77. The molecular formula is C20H24N4O3. The van der Waals surface area contributed by atoms with Crippen LogP contribution >= 0.6 is 0 Å². The molecule has 0 unspecified atom stereocenters. The van der Waals surface area contributed by atoms with Crippen LogP contribution in [0.25, 0.3) is 16.9 Å². The van der Waals surface area contributed by atoms with E-state index >= 15 is 0 Å². The predicted molar refractivity (Wildman–Crippen MR) is 103 cm³/mol. The van der Waals surface area contributed by atoms with E-state index in [-0.39, 0.29) is 0 Å². The third-order valence-electron chi connectivity index (χ3n) is 5.11. The Hall–Kier alpha value is -2.80. The van der Waals surface area contributed by atoms with Gasteiger partial charge in [0.2, 0.25) is 5.75 Å². The summed E-state index contributed by atoms with van der Waals surface area (Å²) >= 11 is 0. The molecule has 4 rings (SSSR count). The van der Waals surface area contributed by atoms with Crippen molar-refractivity contribution in [2.45, 2.75) is 18.8 Å². The van der Waals surface area contributed by atoms with Crippen LogP contribution < -0.4 is 19.5 Å². The van der Waals surface area contributed by atoms with Crippen LogP contribution in [0.4, 0.5) is 0 Å². The molecule has 0 radical (unpaired) electrons. The van der Waals surface area contributed by atoms with Gasteiger partial charge in [-0.15, -0.1) is 0 Å². The van der Waals surface area contributed by atoms with Crippen LogP contribution in [0, 0.1) is 0 Å². The van der Waals surface area contributed by atoms with Crippen LogP contribution in [-0.2, 0) is 0 Å². The quantitative estimate of drug-likeness (QED) is 0.747. The zero-order valence-corrected chi connectivity index (χ0v) is 15.9. The van der Waals surface area contributed by atoms with E-state index in [4.69, 9.17) is 19.3 Å². The van der Waals surface area contributed by atoms with Crippen LogP contribution in [-0.4, -0.2) is 49.0 Å². The maximum absolute atomic E-state index is 5.47. The molecule has 1 saturated heterocycles. The van der Waals surface area contributed by atoms with Gasteiger partial charge < -0.3 is 19.5 Å². The highest BCUT2D eigenvalue weighted by molar-refractivity contribution is 5.71. The summed E-state index contributed by atoms with van der Waals surface area (Å²) in [5, 5.41) is 8.26. The van der Waals surface area contributed by atoms with Gasteiger partial charge in [-0.25, -0.2) is 9.50 Å². The molecule has 3 aromatic rings. The molecule has 1 fully saturated rings. The molecule has 7 nitrogen and oxygen atoms in total. The predicted octanol–water partition coefficient (Wildman–Crippen LogP) is 2.89. The van der Waals surface area contributed by atoms with E-state index in [1.807, 2.05) is 28.9 Å². The fourth-order valence-corrected chi connectivity index (χ4v) is 3.71.